The summed E-state index contributed by atoms with van der Waals surface area (Å²) in [6, 6.07) is 15.9. The van der Waals surface area contributed by atoms with Crippen LogP contribution in [0.4, 0.5) is 10.5 Å². The quantitative estimate of drug-likeness (QED) is 0.730. The van der Waals surface area contributed by atoms with E-state index in [1.54, 1.807) is 23.1 Å². The molecule has 8 nitrogen and oxygen atoms in total. The van der Waals surface area contributed by atoms with Gasteiger partial charge >= 0.3 is 6.03 Å². The number of carbonyl (C=O) groups excluding carboxylic acids is 2. The van der Waals surface area contributed by atoms with Gasteiger partial charge in [0.15, 0.2) is 0 Å². The summed E-state index contributed by atoms with van der Waals surface area (Å²) in [7, 11) is -3.43. The third kappa shape index (κ3) is 6.04. The Morgan fingerprint density at radius 3 is 2.33 bits per heavy atom. The normalized spacial score (nSPS) is 14.9. The van der Waals surface area contributed by atoms with E-state index in [1.807, 2.05) is 43.3 Å². The van der Waals surface area contributed by atoms with Crippen molar-refractivity contribution >= 4 is 27.6 Å². The molecule has 0 spiro atoms. The molecule has 3 rings (SSSR count). The van der Waals surface area contributed by atoms with E-state index in [1.165, 1.54) is 4.31 Å². The van der Waals surface area contributed by atoms with Crippen LogP contribution in [-0.2, 0) is 20.6 Å². The van der Waals surface area contributed by atoms with E-state index in [-0.39, 0.29) is 31.3 Å². The standard InChI is InChI=1S/C21H26N4O4S/c1-17-6-5-9-19(14-17)23-21(27)22-15-20(26)24-10-12-25(13-11-24)30(28,29)16-18-7-3-2-4-8-18/h2-9,14H,10-13,15-16H2,1H3,(H2,22,23,27). The first-order valence-electron chi connectivity index (χ1n) is 9.74. The molecular formula is C21H26N4O4S. The molecule has 2 aromatic rings. The molecule has 2 N–H and O–H groups in total. The lowest BCUT2D eigenvalue weighted by Crippen LogP contribution is -2.52. The Morgan fingerprint density at radius 2 is 1.67 bits per heavy atom. The molecule has 1 heterocycles. The SMILES string of the molecule is Cc1cccc(NC(=O)NCC(=O)N2CCN(S(=O)(=O)Cc3ccccc3)CC2)c1. The summed E-state index contributed by atoms with van der Waals surface area (Å²) < 4.78 is 26.6. The fourth-order valence-corrected chi connectivity index (χ4v) is 4.77. The third-order valence-corrected chi connectivity index (χ3v) is 6.70. The van der Waals surface area contributed by atoms with E-state index in [9.17, 15) is 18.0 Å². The highest BCUT2D eigenvalue weighted by atomic mass is 32.2. The van der Waals surface area contributed by atoms with E-state index < -0.39 is 16.1 Å². The average molecular weight is 431 g/mol. The van der Waals surface area contributed by atoms with Crippen molar-refractivity contribution in [1.82, 2.24) is 14.5 Å². The van der Waals surface area contributed by atoms with Crippen LogP contribution in [-0.4, -0.2) is 62.3 Å². The average Bonchev–Trinajstić information content (AvgIpc) is 2.72. The monoisotopic (exact) mass is 430 g/mol. The van der Waals surface area contributed by atoms with Crippen LogP contribution < -0.4 is 10.6 Å². The van der Waals surface area contributed by atoms with Crippen LogP contribution >= 0.6 is 0 Å². The van der Waals surface area contributed by atoms with Crippen molar-refractivity contribution in [3.8, 4) is 0 Å². The van der Waals surface area contributed by atoms with Gasteiger partial charge in [0, 0.05) is 31.9 Å². The maximum absolute atomic E-state index is 12.6. The minimum atomic E-state index is -3.43. The molecule has 1 saturated heterocycles. The molecule has 0 aliphatic carbocycles. The Bertz CT molecular complexity index is 987. The van der Waals surface area contributed by atoms with Crippen molar-refractivity contribution < 1.29 is 18.0 Å². The Hall–Kier alpha value is -2.91. The Balaban J connectivity index is 1.44. The number of nitrogens with zero attached hydrogens (tertiary/aromatic N) is 2. The molecule has 0 aromatic heterocycles. The van der Waals surface area contributed by atoms with E-state index in [0.717, 1.165) is 11.1 Å². The second-order valence-corrected chi connectivity index (χ2v) is 9.17. The molecular weight excluding hydrogens is 404 g/mol. The summed E-state index contributed by atoms with van der Waals surface area (Å²) in [5.41, 5.74) is 2.40. The van der Waals surface area contributed by atoms with Gasteiger partial charge in [0.25, 0.3) is 0 Å². The molecule has 1 aliphatic rings. The molecule has 1 fully saturated rings. The van der Waals surface area contributed by atoms with Gasteiger partial charge in [-0.1, -0.05) is 42.5 Å². The van der Waals surface area contributed by atoms with Gasteiger partial charge in [-0.05, 0) is 30.2 Å². The Morgan fingerprint density at radius 1 is 0.967 bits per heavy atom. The lowest BCUT2D eigenvalue weighted by molar-refractivity contribution is -0.131. The van der Waals surface area contributed by atoms with E-state index in [0.29, 0.717) is 18.8 Å². The number of carbonyl (C=O) groups is 2. The van der Waals surface area contributed by atoms with Crippen molar-refractivity contribution in [1.29, 1.82) is 0 Å². The van der Waals surface area contributed by atoms with Crippen molar-refractivity contribution in [3.63, 3.8) is 0 Å². The lowest BCUT2D eigenvalue weighted by Gasteiger charge is -2.34. The topological polar surface area (TPSA) is 98.8 Å². The number of nitrogens with one attached hydrogen (secondary N) is 2. The first-order valence-corrected chi connectivity index (χ1v) is 11.4. The van der Waals surface area contributed by atoms with Gasteiger partial charge in [-0.15, -0.1) is 0 Å². The second kappa shape index (κ2) is 9.73. The van der Waals surface area contributed by atoms with Crippen LogP contribution in [0.2, 0.25) is 0 Å². The van der Waals surface area contributed by atoms with E-state index >= 15 is 0 Å². The number of benzene rings is 2. The molecule has 0 unspecified atom stereocenters. The van der Waals surface area contributed by atoms with Crippen molar-refractivity contribution in [2.24, 2.45) is 0 Å². The first kappa shape index (κ1) is 21.8. The summed E-state index contributed by atoms with van der Waals surface area (Å²) >= 11 is 0. The molecule has 9 heteroatoms. The lowest BCUT2D eigenvalue weighted by atomic mass is 10.2. The summed E-state index contributed by atoms with van der Waals surface area (Å²) in [6.45, 7) is 2.87. The van der Waals surface area contributed by atoms with Crippen LogP contribution in [0, 0.1) is 6.92 Å². The number of anilines is 1. The smallest absolute Gasteiger partial charge is 0.319 e. The van der Waals surface area contributed by atoms with E-state index in [2.05, 4.69) is 10.6 Å². The largest absolute Gasteiger partial charge is 0.339 e. The van der Waals surface area contributed by atoms with Crippen molar-refractivity contribution in [2.45, 2.75) is 12.7 Å². The fourth-order valence-electron chi connectivity index (χ4n) is 3.26. The zero-order valence-electron chi connectivity index (χ0n) is 16.9. The number of piperazine rings is 1. The number of aryl methyl sites for hydroxylation is 1. The number of amides is 3. The third-order valence-electron chi connectivity index (χ3n) is 4.85. The first-order chi connectivity index (χ1) is 14.3. The van der Waals surface area contributed by atoms with Crippen LogP contribution in [0.5, 0.6) is 0 Å². The number of hydrogen-bond acceptors (Lipinski definition) is 4. The summed E-state index contributed by atoms with van der Waals surface area (Å²) in [6.07, 6.45) is 0. The number of hydrogen-bond donors (Lipinski definition) is 2. The molecule has 160 valence electrons. The molecule has 30 heavy (non-hydrogen) atoms. The molecule has 1 aliphatic heterocycles. The number of urea groups is 1. The highest BCUT2D eigenvalue weighted by molar-refractivity contribution is 7.88. The molecule has 3 amide bonds. The molecule has 0 radical (unpaired) electrons. The van der Waals surface area contributed by atoms with Crippen molar-refractivity contribution in [3.05, 3.63) is 65.7 Å². The zero-order valence-corrected chi connectivity index (χ0v) is 17.7. The number of rotatable bonds is 6. The van der Waals surface area contributed by atoms with Crippen LogP contribution in [0.25, 0.3) is 0 Å². The van der Waals surface area contributed by atoms with Gasteiger partial charge in [0.05, 0.1) is 12.3 Å². The molecule has 0 atom stereocenters. The predicted octanol–water partition coefficient (Wildman–Crippen LogP) is 1.79. The van der Waals surface area contributed by atoms with Gasteiger partial charge in [-0.25, -0.2) is 13.2 Å². The zero-order chi connectivity index (χ0) is 21.6. The van der Waals surface area contributed by atoms with Gasteiger partial charge in [-0.2, -0.15) is 4.31 Å². The van der Waals surface area contributed by atoms with Gasteiger partial charge in [-0.3, -0.25) is 4.79 Å². The Kier molecular flexibility index (Phi) is 7.07. The highest BCUT2D eigenvalue weighted by Crippen LogP contribution is 2.14. The van der Waals surface area contributed by atoms with Gasteiger partial charge in [0.1, 0.15) is 0 Å². The molecule has 2 aromatic carbocycles. The summed E-state index contributed by atoms with van der Waals surface area (Å²) in [5.74, 6) is -0.294. The maximum Gasteiger partial charge on any atom is 0.319 e. The minimum absolute atomic E-state index is 0.0531. The minimum Gasteiger partial charge on any atom is -0.339 e. The van der Waals surface area contributed by atoms with Crippen LogP contribution in [0.15, 0.2) is 54.6 Å². The fraction of sp³-hybridized carbons (Fsp3) is 0.333. The van der Waals surface area contributed by atoms with E-state index in [4.69, 9.17) is 0 Å². The predicted molar refractivity (Wildman–Crippen MR) is 115 cm³/mol. The van der Waals surface area contributed by atoms with Crippen LogP contribution in [0.1, 0.15) is 11.1 Å². The maximum atomic E-state index is 12.6. The second-order valence-electron chi connectivity index (χ2n) is 7.20. The van der Waals surface area contributed by atoms with Crippen LogP contribution in [0.3, 0.4) is 0 Å². The van der Waals surface area contributed by atoms with Gasteiger partial charge < -0.3 is 15.5 Å². The number of sulfonamides is 1. The summed E-state index contributed by atoms with van der Waals surface area (Å²) in [4.78, 5) is 25.9. The Labute approximate surface area is 176 Å². The molecule has 0 saturated carbocycles. The van der Waals surface area contributed by atoms with Crippen molar-refractivity contribution in [2.75, 3.05) is 38.0 Å². The highest BCUT2D eigenvalue weighted by Gasteiger charge is 2.28. The summed E-state index contributed by atoms with van der Waals surface area (Å²) in [5, 5.41) is 5.23. The van der Waals surface area contributed by atoms with Gasteiger partial charge in [0.2, 0.25) is 15.9 Å². The molecule has 0 bridgehead atoms.